The molecule has 7 heteroatoms. The van der Waals surface area contributed by atoms with Gasteiger partial charge in [0.25, 0.3) is 0 Å². The summed E-state index contributed by atoms with van der Waals surface area (Å²) in [5.74, 6) is 0.910. The molecule has 2 heterocycles. The minimum atomic E-state index is -0.0632. The Labute approximate surface area is 203 Å². The molecule has 168 valence electrons. The van der Waals surface area contributed by atoms with Crippen LogP contribution in [0.1, 0.15) is 38.2 Å². The molecule has 0 unspecified atom stereocenters. The molecule has 2 fully saturated rings. The van der Waals surface area contributed by atoms with E-state index >= 15 is 0 Å². The first-order valence-corrected chi connectivity index (χ1v) is 11.3. The van der Waals surface area contributed by atoms with E-state index in [0.717, 1.165) is 76.1 Å². The van der Waals surface area contributed by atoms with Crippen molar-refractivity contribution in [3.8, 4) is 0 Å². The zero-order chi connectivity index (χ0) is 20.5. The first-order chi connectivity index (χ1) is 14.2. The lowest BCUT2D eigenvalue weighted by Gasteiger charge is -2.37. The van der Waals surface area contributed by atoms with Crippen molar-refractivity contribution in [2.24, 2.45) is 4.99 Å². The molecule has 0 atom stereocenters. The van der Waals surface area contributed by atoms with E-state index in [1.54, 1.807) is 0 Å². The summed E-state index contributed by atoms with van der Waals surface area (Å²) in [5.41, 5.74) is 1.13. The fourth-order valence-corrected chi connectivity index (χ4v) is 4.69. The normalized spacial score (nSPS) is 20.3. The number of rotatable bonds is 7. The van der Waals surface area contributed by atoms with Gasteiger partial charge in [-0.15, -0.1) is 30.6 Å². The van der Waals surface area contributed by atoms with Crippen LogP contribution < -0.4 is 10.6 Å². The summed E-state index contributed by atoms with van der Waals surface area (Å²) < 4.78 is 5.66. The van der Waals surface area contributed by atoms with E-state index in [-0.39, 0.29) is 29.4 Å². The smallest absolute Gasteiger partial charge is 0.191 e. The van der Waals surface area contributed by atoms with E-state index < -0.39 is 0 Å². The van der Waals surface area contributed by atoms with E-state index in [1.807, 2.05) is 18.2 Å². The molecule has 1 aromatic rings. The number of ether oxygens (including phenoxy) is 1. The van der Waals surface area contributed by atoms with Gasteiger partial charge < -0.3 is 15.4 Å². The Morgan fingerprint density at radius 2 is 2.00 bits per heavy atom. The minimum Gasteiger partial charge on any atom is -0.381 e. The quantitative estimate of drug-likeness (QED) is 0.233. The van der Waals surface area contributed by atoms with Gasteiger partial charge in [-0.3, -0.25) is 9.89 Å². The maximum atomic E-state index is 6.59. The van der Waals surface area contributed by atoms with Crippen molar-refractivity contribution in [3.63, 3.8) is 0 Å². The number of likely N-dealkylation sites (tertiary alicyclic amines) is 1. The topological polar surface area (TPSA) is 48.9 Å². The van der Waals surface area contributed by atoms with Crippen molar-refractivity contribution in [2.45, 2.75) is 44.1 Å². The molecule has 0 aliphatic carbocycles. The maximum Gasteiger partial charge on any atom is 0.191 e. The fraction of sp³-hybridized carbons (Fsp3) is 0.609. The molecular weight excluding hydrogens is 511 g/mol. The predicted molar refractivity (Wildman–Crippen MR) is 137 cm³/mol. The van der Waals surface area contributed by atoms with Gasteiger partial charge in [-0.1, -0.05) is 35.9 Å². The van der Waals surface area contributed by atoms with Gasteiger partial charge in [-0.05, 0) is 44.2 Å². The zero-order valence-electron chi connectivity index (χ0n) is 18.0. The first-order valence-electron chi connectivity index (χ1n) is 10.9. The van der Waals surface area contributed by atoms with Crippen LogP contribution in [-0.4, -0.2) is 62.8 Å². The lowest BCUT2D eigenvalue weighted by molar-refractivity contribution is 0.0531. The molecule has 0 saturated carbocycles. The summed E-state index contributed by atoms with van der Waals surface area (Å²) in [7, 11) is 0. The highest BCUT2D eigenvalue weighted by Gasteiger charge is 2.36. The summed E-state index contributed by atoms with van der Waals surface area (Å²) in [6, 6.07) is 8.66. The summed E-state index contributed by atoms with van der Waals surface area (Å²) in [5, 5.41) is 7.93. The molecule has 0 amide bonds. The van der Waals surface area contributed by atoms with E-state index in [9.17, 15) is 0 Å². The van der Waals surface area contributed by atoms with Crippen molar-refractivity contribution in [2.75, 3.05) is 45.9 Å². The molecule has 0 bridgehead atoms. The molecule has 3 rings (SSSR count). The van der Waals surface area contributed by atoms with Crippen molar-refractivity contribution in [1.82, 2.24) is 15.5 Å². The Kier molecular flexibility index (Phi) is 10.9. The van der Waals surface area contributed by atoms with Crippen LogP contribution in [0.25, 0.3) is 0 Å². The van der Waals surface area contributed by atoms with Crippen molar-refractivity contribution < 1.29 is 4.74 Å². The van der Waals surface area contributed by atoms with Gasteiger partial charge in [0.1, 0.15) is 0 Å². The Bertz CT molecular complexity index is 686. The van der Waals surface area contributed by atoms with Gasteiger partial charge in [0.15, 0.2) is 5.96 Å². The second kappa shape index (κ2) is 12.9. The molecule has 1 aromatic carbocycles. The highest BCUT2D eigenvalue weighted by Crippen LogP contribution is 2.38. The largest absolute Gasteiger partial charge is 0.381 e. The molecule has 2 aliphatic rings. The summed E-state index contributed by atoms with van der Waals surface area (Å²) in [6.07, 6.45) is 6.13. The number of guanidine groups is 1. The zero-order valence-corrected chi connectivity index (χ0v) is 21.1. The van der Waals surface area contributed by atoms with Gasteiger partial charge in [0, 0.05) is 55.9 Å². The second-order valence-corrected chi connectivity index (χ2v) is 8.48. The van der Waals surface area contributed by atoms with Crippen LogP contribution in [0, 0.1) is 0 Å². The summed E-state index contributed by atoms with van der Waals surface area (Å²) in [4.78, 5) is 7.47. The van der Waals surface area contributed by atoms with E-state index in [0.29, 0.717) is 12.6 Å². The van der Waals surface area contributed by atoms with Gasteiger partial charge in [-0.25, -0.2) is 0 Å². The number of halogens is 2. The number of nitrogens with one attached hydrogen (secondary N) is 2. The summed E-state index contributed by atoms with van der Waals surface area (Å²) in [6.45, 7) is 12.2. The van der Waals surface area contributed by atoms with Gasteiger partial charge in [-0.2, -0.15) is 0 Å². The highest BCUT2D eigenvalue weighted by molar-refractivity contribution is 14.0. The Balaban J connectivity index is 0.00000320. The molecule has 2 aliphatic heterocycles. The number of hydrogen-bond acceptors (Lipinski definition) is 3. The van der Waals surface area contributed by atoms with E-state index in [1.165, 1.54) is 5.56 Å². The SMILES string of the molecule is C=CCN1CCC(NC(=NCC2(c3ccccc3Cl)CCOCC2)NCC)CC1.I. The van der Waals surface area contributed by atoms with Gasteiger partial charge in [0.05, 0.1) is 6.54 Å². The molecule has 30 heavy (non-hydrogen) atoms. The van der Waals surface area contributed by atoms with Crippen LogP contribution in [-0.2, 0) is 10.2 Å². The maximum absolute atomic E-state index is 6.59. The highest BCUT2D eigenvalue weighted by atomic mass is 127. The molecule has 5 nitrogen and oxygen atoms in total. The number of aliphatic imine (C=N–C) groups is 1. The Morgan fingerprint density at radius 1 is 1.30 bits per heavy atom. The molecule has 2 saturated heterocycles. The number of benzene rings is 1. The fourth-order valence-electron chi connectivity index (χ4n) is 4.35. The average molecular weight is 547 g/mol. The third-order valence-corrected chi connectivity index (χ3v) is 6.42. The van der Waals surface area contributed by atoms with Crippen LogP contribution in [0.15, 0.2) is 41.9 Å². The molecule has 2 N–H and O–H groups in total. The lowest BCUT2D eigenvalue weighted by Crippen LogP contribution is -2.49. The third-order valence-electron chi connectivity index (χ3n) is 6.09. The van der Waals surface area contributed by atoms with E-state index in [2.05, 4.69) is 41.2 Å². The van der Waals surface area contributed by atoms with Crippen molar-refractivity contribution >= 4 is 41.5 Å². The monoisotopic (exact) mass is 546 g/mol. The van der Waals surface area contributed by atoms with E-state index in [4.69, 9.17) is 21.3 Å². The molecule has 0 radical (unpaired) electrons. The van der Waals surface area contributed by atoms with Crippen LogP contribution in [0.4, 0.5) is 0 Å². The van der Waals surface area contributed by atoms with Crippen molar-refractivity contribution in [1.29, 1.82) is 0 Å². The third kappa shape index (κ3) is 6.84. The van der Waals surface area contributed by atoms with Crippen LogP contribution >= 0.6 is 35.6 Å². The average Bonchev–Trinajstić information content (AvgIpc) is 2.75. The van der Waals surface area contributed by atoms with Gasteiger partial charge >= 0.3 is 0 Å². The molecule has 0 spiro atoms. The second-order valence-electron chi connectivity index (χ2n) is 8.08. The number of piperidine rings is 1. The van der Waals surface area contributed by atoms with Gasteiger partial charge in [0.2, 0.25) is 0 Å². The van der Waals surface area contributed by atoms with Crippen molar-refractivity contribution in [3.05, 3.63) is 47.5 Å². The van der Waals surface area contributed by atoms with Crippen LogP contribution in [0.3, 0.4) is 0 Å². The Morgan fingerprint density at radius 3 is 2.63 bits per heavy atom. The number of hydrogen-bond donors (Lipinski definition) is 2. The first kappa shape index (κ1) is 25.4. The summed E-state index contributed by atoms with van der Waals surface area (Å²) >= 11 is 6.59. The minimum absolute atomic E-state index is 0. The molecule has 0 aromatic heterocycles. The Hall–Kier alpha value is -0.830. The molecular formula is C23H36ClIN4O. The number of nitrogens with zero attached hydrogens (tertiary/aromatic N) is 2. The van der Waals surface area contributed by atoms with Crippen LogP contribution in [0.2, 0.25) is 5.02 Å². The standard InChI is InChI=1S/C23H35ClN4O.HI/c1-3-13-28-14-9-19(10-15-28)27-22(25-4-2)26-18-23(11-16-29-17-12-23)20-7-5-6-8-21(20)24;/h3,5-8,19H,1,4,9-18H2,2H3,(H2,25,26,27);1H. The lowest BCUT2D eigenvalue weighted by atomic mass is 9.74. The van der Waals surface area contributed by atoms with Crippen LogP contribution in [0.5, 0.6) is 0 Å². The predicted octanol–water partition coefficient (Wildman–Crippen LogP) is 4.21.